The summed E-state index contributed by atoms with van der Waals surface area (Å²) in [4.78, 5) is 15.4. The first kappa shape index (κ1) is 21.3. The highest BCUT2D eigenvalue weighted by atomic mass is 35.5. The number of fused-ring (bicyclic) bond motifs is 1. The van der Waals surface area contributed by atoms with Crippen molar-refractivity contribution < 1.29 is 17.9 Å². The number of benzene rings is 2. The lowest BCUT2D eigenvalue weighted by Crippen LogP contribution is -2.17. The van der Waals surface area contributed by atoms with Crippen molar-refractivity contribution >= 4 is 33.8 Å². The second-order valence-corrected chi connectivity index (χ2v) is 7.95. The molecule has 7 nitrogen and oxygen atoms in total. The summed E-state index contributed by atoms with van der Waals surface area (Å²) in [6.07, 6.45) is 3.34. The highest BCUT2D eigenvalue weighted by Gasteiger charge is 2.16. The molecule has 2 aromatic heterocycles. The van der Waals surface area contributed by atoms with Crippen LogP contribution in [0.4, 0.5) is 4.39 Å². The third kappa shape index (κ3) is 4.40. The van der Waals surface area contributed by atoms with Gasteiger partial charge in [-0.2, -0.15) is 0 Å². The van der Waals surface area contributed by atoms with E-state index in [0.717, 1.165) is 6.07 Å². The van der Waals surface area contributed by atoms with E-state index in [9.17, 15) is 17.9 Å². The van der Waals surface area contributed by atoms with Crippen molar-refractivity contribution in [2.24, 2.45) is 7.05 Å². The average Bonchev–Trinajstić information content (AvgIpc) is 3.22. The number of nitrogens with one attached hydrogen (secondary N) is 2. The molecule has 1 atom stereocenters. The molecular weight excluding hydrogens is 445 g/mol. The Labute approximate surface area is 183 Å². The lowest BCUT2D eigenvalue weighted by Gasteiger charge is -2.16. The number of aromatic nitrogens is 2. The molecule has 2 N–H and O–H groups in total. The van der Waals surface area contributed by atoms with Gasteiger partial charge in [0.1, 0.15) is 22.8 Å². The zero-order valence-electron chi connectivity index (χ0n) is 16.1. The van der Waals surface area contributed by atoms with Crippen LogP contribution in [0.1, 0.15) is 5.56 Å². The number of nitrogens with zero attached hydrogens (tertiary/aromatic N) is 1. The Bertz CT molecular complexity index is 1370. The number of aryl methyl sites for hydroxylation is 1. The highest BCUT2D eigenvalue weighted by Crippen LogP contribution is 2.39. The Kier molecular flexibility index (Phi) is 5.92. The van der Waals surface area contributed by atoms with Gasteiger partial charge in [-0.05, 0) is 42.0 Å². The van der Waals surface area contributed by atoms with E-state index in [1.165, 1.54) is 16.7 Å². The number of hydrogen-bond donors (Lipinski definition) is 2. The molecule has 0 spiro atoms. The number of halogens is 2. The molecule has 4 aromatic rings. The number of hydrogen-bond acceptors (Lipinski definition) is 4. The van der Waals surface area contributed by atoms with E-state index in [2.05, 4.69) is 9.71 Å². The molecule has 31 heavy (non-hydrogen) atoms. The van der Waals surface area contributed by atoms with Gasteiger partial charge in [-0.25, -0.2) is 9.11 Å². The number of pyridine rings is 1. The second-order valence-electron chi connectivity index (χ2n) is 6.79. The summed E-state index contributed by atoms with van der Waals surface area (Å²) in [7, 11) is 1.63. The highest BCUT2D eigenvalue weighted by molar-refractivity contribution is 7.77. The zero-order chi connectivity index (χ0) is 22.1. The van der Waals surface area contributed by atoms with Crippen LogP contribution in [0.15, 0.2) is 59.7 Å². The van der Waals surface area contributed by atoms with Crippen molar-refractivity contribution in [2.75, 3.05) is 0 Å². The smallest absolute Gasteiger partial charge is 0.274 e. The fourth-order valence-corrected chi connectivity index (χ4v) is 3.78. The topological polar surface area (TPSA) is 99.2 Å². The van der Waals surface area contributed by atoms with E-state index in [0.29, 0.717) is 33.3 Å². The lowest BCUT2D eigenvalue weighted by atomic mass is 10.0. The molecule has 0 fully saturated rings. The predicted molar refractivity (Wildman–Crippen MR) is 116 cm³/mol. The van der Waals surface area contributed by atoms with Crippen LogP contribution in [-0.4, -0.2) is 18.3 Å². The minimum absolute atomic E-state index is 0.0722. The Balaban J connectivity index is 1.88. The van der Waals surface area contributed by atoms with Crippen molar-refractivity contribution in [3.63, 3.8) is 0 Å². The molecule has 2 aromatic carbocycles. The molecule has 0 saturated carbocycles. The molecule has 0 amide bonds. The van der Waals surface area contributed by atoms with Gasteiger partial charge < -0.3 is 18.8 Å². The van der Waals surface area contributed by atoms with Crippen molar-refractivity contribution in [1.82, 2.24) is 14.3 Å². The van der Waals surface area contributed by atoms with Crippen LogP contribution in [0.25, 0.3) is 22.0 Å². The Morgan fingerprint density at radius 3 is 2.71 bits per heavy atom. The first-order valence-corrected chi connectivity index (χ1v) is 10.5. The molecular formula is C21H16ClFN3O4S-. The summed E-state index contributed by atoms with van der Waals surface area (Å²) in [5, 5.41) is 0.779. The van der Waals surface area contributed by atoms with Crippen LogP contribution in [0.5, 0.6) is 11.5 Å². The molecule has 4 rings (SSSR count). The molecule has 0 saturated heterocycles. The summed E-state index contributed by atoms with van der Waals surface area (Å²) in [6.45, 7) is 0.0722. The van der Waals surface area contributed by atoms with Gasteiger partial charge >= 0.3 is 0 Å². The molecule has 0 radical (unpaired) electrons. The fourth-order valence-electron chi connectivity index (χ4n) is 3.29. The third-order valence-corrected chi connectivity index (χ3v) is 5.41. The average molecular weight is 461 g/mol. The number of ether oxygens (including phenoxy) is 1. The van der Waals surface area contributed by atoms with Crippen LogP contribution in [0.2, 0.25) is 5.02 Å². The van der Waals surface area contributed by atoms with Crippen LogP contribution in [0, 0.1) is 5.82 Å². The molecule has 160 valence electrons. The van der Waals surface area contributed by atoms with Crippen molar-refractivity contribution in [3.8, 4) is 22.6 Å². The van der Waals surface area contributed by atoms with Gasteiger partial charge in [0.2, 0.25) is 0 Å². The maximum absolute atomic E-state index is 13.4. The van der Waals surface area contributed by atoms with Gasteiger partial charge in [-0.3, -0.25) is 9.00 Å². The van der Waals surface area contributed by atoms with Crippen molar-refractivity contribution in [2.45, 2.75) is 6.54 Å². The molecule has 2 heterocycles. The van der Waals surface area contributed by atoms with E-state index in [-0.39, 0.29) is 22.9 Å². The first-order valence-electron chi connectivity index (χ1n) is 9.09. The minimum atomic E-state index is -2.42. The van der Waals surface area contributed by atoms with Crippen LogP contribution >= 0.6 is 11.6 Å². The standard InChI is InChI=1S/C21H17ClFN3O4S/c1-26-11-16(14-6-7-24-20(14)21(26)27)15-8-12(10-25-31(28)29)2-4-18(15)30-19-5-3-13(23)9-17(19)22/h2-9,11,24-25H,10H2,1H3,(H,28,29)/p-1. The third-order valence-electron chi connectivity index (χ3n) is 4.74. The van der Waals surface area contributed by atoms with E-state index < -0.39 is 17.1 Å². The van der Waals surface area contributed by atoms with E-state index in [4.69, 9.17) is 16.3 Å². The maximum atomic E-state index is 13.4. The predicted octanol–water partition coefficient (Wildman–Crippen LogP) is 4.00. The van der Waals surface area contributed by atoms with Gasteiger partial charge in [0.05, 0.1) is 5.02 Å². The van der Waals surface area contributed by atoms with Gasteiger partial charge in [0, 0.05) is 53.8 Å². The number of rotatable bonds is 6. The molecule has 0 bridgehead atoms. The zero-order valence-corrected chi connectivity index (χ0v) is 17.7. The van der Waals surface area contributed by atoms with Gasteiger partial charge in [-0.1, -0.05) is 17.7 Å². The van der Waals surface area contributed by atoms with Crippen LogP contribution in [-0.2, 0) is 24.9 Å². The van der Waals surface area contributed by atoms with E-state index in [1.807, 2.05) is 0 Å². The Hall–Kier alpha value is -2.98. The Morgan fingerprint density at radius 2 is 1.97 bits per heavy atom. The summed E-state index contributed by atoms with van der Waals surface area (Å²) in [5.41, 5.74) is 2.21. The summed E-state index contributed by atoms with van der Waals surface area (Å²) in [6, 6.07) is 10.7. The van der Waals surface area contributed by atoms with Crippen LogP contribution < -0.4 is 15.0 Å². The van der Waals surface area contributed by atoms with Gasteiger partial charge in [0.15, 0.2) is 0 Å². The SMILES string of the molecule is Cn1cc(-c2cc(CNS(=O)[O-])ccc2Oc2ccc(F)cc2Cl)c2cc[nH]c2c1=O. The minimum Gasteiger partial charge on any atom is -0.760 e. The Morgan fingerprint density at radius 1 is 1.19 bits per heavy atom. The molecule has 1 unspecified atom stereocenters. The summed E-state index contributed by atoms with van der Waals surface area (Å²) < 4.78 is 45.0. The lowest BCUT2D eigenvalue weighted by molar-refractivity contribution is 0.482. The van der Waals surface area contributed by atoms with Gasteiger partial charge in [0.25, 0.3) is 5.56 Å². The molecule has 10 heteroatoms. The monoisotopic (exact) mass is 460 g/mol. The first-order chi connectivity index (χ1) is 14.8. The quantitative estimate of drug-likeness (QED) is 0.425. The largest absolute Gasteiger partial charge is 0.760 e. The number of H-pyrrole nitrogens is 1. The summed E-state index contributed by atoms with van der Waals surface area (Å²) in [5.74, 6) is 0.171. The van der Waals surface area contributed by atoms with Crippen molar-refractivity contribution in [3.05, 3.63) is 81.6 Å². The molecule has 0 aliphatic carbocycles. The normalized spacial score (nSPS) is 12.3. The van der Waals surface area contributed by atoms with Gasteiger partial charge in [-0.15, -0.1) is 0 Å². The van der Waals surface area contributed by atoms with E-state index >= 15 is 0 Å². The second kappa shape index (κ2) is 8.64. The molecule has 0 aliphatic heterocycles. The summed E-state index contributed by atoms with van der Waals surface area (Å²) >= 11 is 3.71. The fraction of sp³-hybridized carbons (Fsp3) is 0.0952. The van der Waals surface area contributed by atoms with Crippen molar-refractivity contribution in [1.29, 1.82) is 0 Å². The number of aromatic amines is 1. The maximum Gasteiger partial charge on any atom is 0.274 e. The molecule has 0 aliphatic rings. The van der Waals surface area contributed by atoms with Crippen LogP contribution in [0.3, 0.4) is 0 Å². The van der Waals surface area contributed by atoms with E-state index in [1.54, 1.807) is 43.7 Å².